The van der Waals surface area contributed by atoms with E-state index >= 15 is 0 Å². The zero-order valence-corrected chi connectivity index (χ0v) is 15.8. The SMILES string of the molecule is CCNC(=NCC(C)c1ccccc1)NCCc1cccc(OC)c1O. The minimum absolute atomic E-state index is 0.205. The number of benzene rings is 2. The molecule has 26 heavy (non-hydrogen) atoms. The monoisotopic (exact) mass is 355 g/mol. The van der Waals surface area contributed by atoms with E-state index < -0.39 is 0 Å². The number of phenols is 1. The Kier molecular flexibility index (Phi) is 7.80. The molecule has 5 heteroatoms. The zero-order chi connectivity index (χ0) is 18.8. The van der Waals surface area contributed by atoms with Crippen LogP contribution in [0.5, 0.6) is 11.5 Å². The second-order valence-electron chi connectivity index (χ2n) is 6.18. The Balaban J connectivity index is 1.91. The van der Waals surface area contributed by atoms with Gasteiger partial charge >= 0.3 is 0 Å². The van der Waals surface area contributed by atoms with E-state index in [1.54, 1.807) is 13.2 Å². The highest BCUT2D eigenvalue weighted by Gasteiger charge is 2.08. The van der Waals surface area contributed by atoms with Gasteiger partial charge < -0.3 is 20.5 Å². The molecule has 140 valence electrons. The summed E-state index contributed by atoms with van der Waals surface area (Å²) in [6.07, 6.45) is 0.682. The molecule has 5 nitrogen and oxygen atoms in total. The van der Waals surface area contributed by atoms with Gasteiger partial charge in [0.1, 0.15) is 0 Å². The standard InChI is InChI=1S/C21H29N3O2/c1-4-22-21(24-15-16(2)17-9-6-5-7-10-17)23-14-13-18-11-8-12-19(26-3)20(18)25/h5-12,16,25H,4,13-15H2,1-3H3,(H2,22,23,24). The van der Waals surface area contributed by atoms with Gasteiger partial charge in [0.2, 0.25) is 0 Å². The minimum atomic E-state index is 0.205. The van der Waals surface area contributed by atoms with Crippen molar-refractivity contribution in [3.05, 3.63) is 59.7 Å². The summed E-state index contributed by atoms with van der Waals surface area (Å²) < 4.78 is 5.15. The average molecular weight is 355 g/mol. The van der Waals surface area contributed by atoms with Gasteiger partial charge in [0.15, 0.2) is 17.5 Å². The summed E-state index contributed by atoms with van der Waals surface area (Å²) in [5.74, 6) is 1.85. The van der Waals surface area contributed by atoms with Crippen molar-refractivity contribution in [3.63, 3.8) is 0 Å². The van der Waals surface area contributed by atoms with Crippen molar-refractivity contribution in [2.45, 2.75) is 26.2 Å². The third kappa shape index (κ3) is 5.69. The molecule has 1 unspecified atom stereocenters. The molecular formula is C21H29N3O2. The number of methoxy groups -OCH3 is 1. The smallest absolute Gasteiger partial charge is 0.191 e. The topological polar surface area (TPSA) is 65.9 Å². The second kappa shape index (κ2) is 10.3. The molecule has 0 aromatic heterocycles. The van der Waals surface area contributed by atoms with Crippen molar-refractivity contribution in [1.82, 2.24) is 10.6 Å². The molecule has 0 saturated heterocycles. The third-order valence-corrected chi connectivity index (χ3v) is 4.23. The Morgan fingerprint density at radius 2 is 1.88 bits per heavy atom. The largest absolute Gasteiger partial charge is 0.504 e. The molecule has 0 radical (unpaired) electrons. The molecule has 3 N–H and O–H groups in total. The molecule has 0 saturated carbocycles. The van der Waals surface area contributed by atoms with Crippen LogP contribution in [0.1, 0.15) is 30.9 Å². The highest BCUT2D eigenvalue weighted by atomic mass is 16.5. The number of phenolic OH excluding ortho intramolecular Hbond substituents is 1. The number of nitrogens with one attached hydrogen (secondary N) is 2. The van der Waals surface area contributed by atoms with Crippen LogP contribution in [0.2, 0.25) is 0 Å². The summed E-state index contributed by atoms with van der Waals surface area (Å²) in [6.45, 7) is 6.41. The van der Waals surface area contributed by atoms with E-state index in [0.717, 1.165) is 18.1 Å². The third-order valence-electron chi connectivity index (χ3n) is 4.23. The lowest BCUT2D eigenvalue weighted by atomic mass is 10.0. The molecule has 0 fully saturated rings. The Bertz CT molecular complexity index is 702. The Morgan fingerprint density at radius 3 is 2.58 bits per heavy atom. The molecule has 2 aromatic carbocycles. The maximum absolute atomic E-state index is 10.2. The van der Waals surface area contributed by atoms with E-state index in [0.29, 0.717) is 31.2 Å². The van der Waals surface area contributed by atoms with E-state index in [1.165, 1.54) is 5.56 Å². The van der Waals surface area contributed by atoms with Crippen molar-refractivity contribution in [1.29, 1.82) is 0 Å². The van der Waals surface area contributed by atoms with E-state index in [1.807, 2.05) is 25.1 Å². The van der Waals surface area contributed by atoms with Gasteiger partial charge in [0.25, 0.3) is 0 Å². The summed E-state index contributed by atoms with van der Waals surface area (Å²) in [5.41, 5.74) is 2.14. The molecule has 0 amide bonds. The van der Waals surface area contributed by atoms with Gasteiger partial charge in [-0.3, -0.25) is 4.99 Å². The summed E-state index contributed by atoms with van der Waals surface area (Å²) in [7, 11) is 1.56. The van der Waals surface area contributed by atoms with Crippen LogP contribution in [0.4, 0.5) is 0 Å². The number of para-hydroxylation sites is 1. The number of aliphatic imine (C=N–C) groups is 1. The van der Waals surface area contributed by atoms with Crippen molar-refractivity contribution in [3.8, 4) is 11.5 Å². The van der Waals surface area contributed by atoms with Crippen molar-refractivity contribution < 1.29 is 9.84 Å². The number of nitrogens with zero attached hydrogens (tertiary/aromatic N) is 1. The fourth-order valence-corrected chi connectivity index (χ4v) is 2.71. The number of ether oxygens (including phenoxy) is 1. The fourth-order valence-electron chi connectivity index (χ4n) is 2.71. The predicted molar refractivity (Wildman–Crippen MR) is 107 cm³/mol. The minimum Gasteiger partial charge on any atom is -0.504 e. The lowest BCUT2D eigenvalue weighted by Gasteiger charge is -2.14. The Labute approximate surface area is 156 Å². The summed E-state index contributed by atoms with van der Waals surface area (Å²) in [5, 5.41) is 16.8. The maximum Gasteiger partial charge on any atom is 0.191 e. The molecule has 0 aliphatic heterocycles. The predicted octanol–water partition coefficient (Wildman–Crippen LogP) is 3.30. The van der Waals surface area contributed by atoms with Gasteiger partial charge in [-0.25, -0.2) is 0 Å². The quantitative estimate of drug-likeness (QED) is 0.502. The fraction of sp³-hybridized carbons (Fsp3) is 0.381. The average Bonchev–Trinajstić information content (AvgIpc) is 2.67. The van der Waals surface area contributed by atoms with Crippen LogP contribution >= 0.6 is 0 Å². The molecule has 0 aliphatic rings. The van der Waals surface area contributed by atoms with Crippen LogP contribution in [0.15, 0.2) is 53.5 Å². The molecule has 2 aromatic rings. The summed E-state index contributed by atoms with van der Waals surface area (Å²) >= 11 is 0. The number of hydrogen-bond acceptors (Lipinski definition) is 3. The Morgan fingerprint density at radius 1 is 1.12 bits per heavy atom. The van der Waals surface area contributed by atoms with Crippen molar-refractivity contribution >= 4 is 5.96 Å². The van der Waals surface area contributed by atoms with E-state index in [9.17, 15) is 5.11 Å². The van der Waals surface area contributed by atoms with Gasteiger partial charge in [-0.2, -0.15) is 0 Å². The van der Waals surface area contributed by atoms with Crippen LogP contribution in [-0.2, 0) is 6.42 Å². The highest BCUT2D eigenvalue weighted by Crippen LogP contribution is 2.29. The van der Waals surface area contributed by atoms with E-state index in [2.05, 4.69) is 46.8 Å². The van der Waals surface area contributed by atoms with Crippen molar-refractivity contribution in [2.75, 3.05) is 26.7 Å². The molecule has 2 rings (SSSR count). The van der Waals surface area contributed by atoms with E-state index in [-0.39, 0.29) is 5.75 Å². The van der Waals surface area contributed by atoms with E-state index in [4.69, 9.17) is 4.74 Å². The van der Waals surface area contributed by atoms with Crippen molar-refractivity contribution in [2.24, 2.45) is 4.99 Å². The van der Waals surface area contributed by atoms with Crippen LogP contribution in [0.25, 0.3) is 0 Å². The first-order chi connectivity index (χ1) is 12.7. The number of guanidine groups is 1. The molecule has 0 bridgehead atoms. The number of hydrogen-bond donors (Lipinski definition) is 3. The summed E-state index contributed by atoms with van der Waals surface area (Å²) in [4.78, 5) is 4.68. The maximum atomic E-state index is 10.2. The lowest BCUT2D eigenvalue weighted by molar-refractivity contribution is 0.370. The molecule has 0 spiro atoms. The first-order valence-corrected chi connectivity index (χ1v) is 9.07. The zero-order valence-electron chi connectivity index (χ0n) is 15.8. The summed E-state index contributed by atoms with van der Waals surface area (Å²) in [6, 6.07) is 15.9. The van der Waals surface area contributed by atoms with Gasteiger partial charge in [-0.1, -0.05) is 49.4 Å². The van der Waals surface area contributed by atoms with Crippen LogP contribution in [0, 0.1) is 0 Å². The second-order valence-corrected chi connectivity index (χ2v) is 6.18. The first-order valence-electron chi connectivity index (χ1n) is 9.07. The van der Waals surface area contributed by atoms with Gasteiger partial charge in [0.05, 0.1) is 7.11 Å². The van der Waals surface area contributed by atoms with Gasteiger partial charge in [-0.15, -0.1) is 0 Å². The van der Waals surface area contributed by atoms with Crippen LogP contribution in [0.3, 0.4) is 0 Å². The van der Waals surface area contributed by atoms with Crippen LogP contribution < -0.4 is 15.4 Å². The first kappa shape index (κ1) is 19.6. The lowest BCUT2D eigenvalue weighted by Crippen LogP contribution is -2.38. The normalized spacial score (nSPS) is 12.5. The molecule has 0 aliphatic carbocycles. The number of aromatic hydroxyl groups is 1. The number of rotatable bonds is 8. The highest BCUT2D eigenvalue weighted by molar-refractivity contribution is 5.79. The molecular weight excluding hydrogens is 326 g/mol. The van der Waals surface area contributed by atoms with Crippen LogP contribution in [-0.4, -0.2) is 37.8 Å². The molecule has 1 atom stereocenters. The molecule has 0 heterocycles. The van der Waals surface area contributed by atoms with Gasteiger partial charge in [-0.05, 0) is 30.5 Å². The van der Waals surface area contributed by atoms with Gasteiger partial charge in [0, 0.05) is 25.6 Å². The Hall–Kier alpha value is -2.69.